The van der Waals surface area contributed by atoms with Crippen molar-refractivity contribution in [1.82, 2.24) is 4.90 Å². The van der Waals surface area contributed by atoms with Gasteiger partial charge in [0.25, 0.3) is 0 Å². The second-order valence-electron chi connectivity index (χ2n) is 4.90. The zero-order valence-corrected chi connectivity index (χ0v) is 10.4. The van der Waals surface area contributed by atoms with Gasteiger partial charge >= 0.3 is 0 Å². The Balaban J connectivity index is 1.84. The Morgan fingerprint density at radius 2 is 2.31 bits per heavy atom. The highest BCUT2D eigenvalue weighted by Gasteiger charge is 2.30. The smallest absolute Gasteiger partial charge is 0.0758 e. The minimum Gasteiger partial charge on any atom is -0.389 e. The van der Waals surface area contributed by atoms with Crippen LogP contribution < -0.4 is 0 Å². The molecule has 16 heavy (non-hydrogen) atoms. The summed E-state index contributed by atoms with van der Waals surface area (Å²) >= 11 is 5.93. The normalized spacial score (nSPS) is 26.2. The Kier molecular flexibility index (Phi) is 3.53. The van der Waals surface area contributed by atoms with Crippen molar-refractivity contribution in [2.24, 2.45) is 0 Å². The van der Waals surface area contributed by atoms with Gasteiger partial charge in [-0.25, -0.2) is 0 Å². The standard InChI is InChI=1S/C13H18ClNO/c1-13(16)6-8-15(10-13)7-5-11-3-2-4-12(14)9-11/h2-4,9,16H,5-8,10H2,1H3. The van der Waals surface area contributed by atoms with Crippen molar-refractivity contribution >= 4 is 11.6 Å². The molecule has 0 bridgehead atoms. The average molecular weight is 240 g/mol. The van der Waals surface area contributed by atoms with Gasteiger partial charge in [0.2, 0.25) is 0 Å². The molecule has 2 rings (SSSR count). The van der Waals surface area contributed by atoms with Crippen molar-refractivity contribution in [2.75, 3.05) is 19.6 Å². The summed E-state index contributed by atoms with van der Waals surface area (Å²) in [6.45, 7) is 4.68. The first kappa shape index (κ1) is 11.9. The van der Waals surface area contributed by atoms with Crippen LogP contribution in [0.1, 0.15) is 18.9 Å². The van der Waals surface area contributed by atoms with E-state index in [1.807, 2.05) is 25.1 Å². The molecule has 0 aliphatic carbocycles. The highest BCUT2D eigenvalue weighted by Crippen LogP contribution is 2.20. The van der Waals surface area contributed by atoms with Crippen molar-refractivity contribution in [3.63, 3.8) is 0 Å². The van der Waals surface area contributed by atoms with E-state index in [1.165, 1.54) is 5.56 Å². The molecule has 0 saturated carbocycles. The van der Waals surface area contributed by atoms with Gasteiger partial charge in [-0.3, -0.25) is 0 Å². The molecule has 1 atom stereocenters. The van der Waals surface area contributed by atoms with Crippen LogP contribution in [0, 0.1) is 0 Å². The molecule has 1 unspecified atom stereocenters. The van der Waals surface area contributed by atoms with Crippen LogP contribution >= 0.6 is 11.6 Å². The van der Waals surface area contributed by atoms with Gasteiger partial charge in [0.1, 0.15) is 0 Å². The number of halogens is 1. The Labute approximate surface area is 102 Å². The van der Waals surface area contributed by atoms with Gasteiger partial charge in [-0.05, 0) is 37.5 Å². The van der Waals surface area contributed by atoms with E-state index >= 15 is 0 Å². The molecule has 1 saturated heterocycles. The van der Waals surface area contributed by atoms with E-state index < -0.39 is 5.60 Å². The fourth-order valence-electron chi connectivity index (χ4n) is 2.21. The van der Waals surface area contributed by atoms with Gasteiger partial charge < -0.3 is 10.0 Å². The monoisotopic (exact) mass is 239 g/mol. The van der Waals surface area contributed by atoms with E-state index in [9.17, 15) is 5.11 Å². The molecule has 1 aliphatic heterocycles. The molecular formula is C13H18ClNO. The second-order valence-corrected chi connectivity index (χ2v) is 5.34. The van der Waals surface area contributed by atoms with Crippen molar-refractivity contribution < 1.29 is 5.11 Å². The fraction of sp³-hybridized carbons (Fsp3) is 0.538. The lowest BCUT2D eigenvalue weighted by Crippen LogP contribution is -2.30. The Bertz CT molecular complexity index is 365. The lowest BCUT2D eigenvalue weighted by molar-refractivity contribution is 0.0689. The summed E-state index contributed by atoms with van der Waals surface area (Å²) in [5.74, 6) is 0. The van der Waals surface area contributed by atoms with Crippen LogP contribution in [0.5, 0.6) is 0 Å². The maximum atomic E-state index is 9.84. The van der Waals surface area contributed by atoms with E-state index in [2.05, 4.69) is 11.0 Å². The Hall–Kier alpha value is -0.570. The third kappa shape index (κ3) is 3.21. The third-order valence-electron chi connectivity index (χ3n) is 3.14. The molecule has 0 aromatic heterocycles. The summed E-state index contributed by atoms with van der Waals surface area (Å²) in [6, 6.07) is 7.99. The van der Waals surface area contributed by atoms with E-state index in [4.69, 9.17) is 11.6 Å². The largest absolute Gasteiger partial charge is 0.389 e. The Morgan fingerprint density at radius 1 is 1.50 bits per heavy atom. The number of rotatable bonds is 3. The molecule has 0 amide bonds. The molecule has 0 spiro atoms. The number of hydrogen-bond donors (Lipinski definition) is 1. The van der Waals surface area contributed by atoms with Gasteiger partial charge in [-0.15, -0.1) is 0 Å². The SMILES string of the molecule is CC1(O)CCN(CCc2cccc(Cl)c2)C1. The average Bonchev–Trinajstić information content (AvgIpc) is 2.56. The summed E-state index contributed by atoms with van der Waals surface area (Å²) in [5.41, 5.74) is 0.771. The lowest BCUT2D eigenvalue weighted by Gasteiger charge is -2.18. The topological polar surface area (TPSA) is 23.5 Å². The summed E-state index contributed by atoms with van der Waals surface area (Å²) in [5, 5.41) is 10.6. The molecule has 1 heterocycles. The van der Waals surface area contributed by atoms with Crippen LogP contribution in [-0.2, 0) is 6.42 Å². The molecule has 1 N–H and O–H groups in total. The number of aliphatic hydroxyl groups is 1. The molecular weight excluding hydrogens is 222 g/mol. The number of nitrogens with zero attached hydrogens (tertiary/aromatic N) is 1. The second kappa shape index (κ2) is 4.74. The van der Waals surface area contributed by atoms with Gasteiger partial charge in [-0.2, -0.15) is 0 Å². The maximum Gasteiger partial charge on any atom is 0.0758 e. The Morgan fingerprint density at radius 3 is 2.94 bits per heavy atom. The maximum absolute atomic E-state index is 9.84. The summed E-state index contributed by atoms with van der Waals surface area (Å²) in [4.78, 5) is 2.31. The van der Waals surface area contributed by atoms with Crippen LogP contribution in [0.2, 0.25) is 5.02 Å². The van der Waals surface area contributed by atoms with Crippen molar-refractivity contribution in [3.8, 4) is 0 Å². The highest BCUT2D eigenvalue weighted by molar-refractivity contribution is 6.30. The van der Waals surface area contributed by atoms with Crippen molar-refractivity contribution in [1.29, 1.82) is 0 Å². The number of hydrogen-bond acceptors (Lipinski definition) is 2. The van der Waals surface area contributed by atoms with Crippen LogP contribution in [0.15, 0.2) is 24.3 Å². The van der Waals surface area contributed by atoms with E-state index in [0.717, 1.165) is 37.5 Å². The van der Waals surface area contributed by atoms with Crippen molar-refractivity contribution in [2.45, 2.75) is 25.4 Å². The summed E-state index contributed by atoms with van der Waals surface area (Å²) < 4.78 is 0. The predicted octanol–water partition coefficient (Wildman–Crippen LogP) is 2.34. The van der Waals surface area contributed by atoms with E-state index in [-0.39, 0.29) is 0 Å². The predicted molar refractivity (Wildman–Crippen MR) is 66.8 cm³/mol. The lowest BCUT2D eigenvalue weighted by atomic mass is 10.1. The zero-order valence-electron chi connectivity index (χ0n) is 9.62. The van der Waals surface area contributed by atoms with Gasteiger partial charge in [0.05, 0.1) is 5.60 Å². The molecule has 0 radical (unpaired) electrons. The minimum atomic E-state index is -0.492. The first-order chi connectivity index (χ1) is 7.55. The highest BCUT2D eigenvalue weighted by atomic mass is 35.5. The number of β-amino-alcohol motifs (C(OH)–C–C–N with tert-alkyl or cyclic N) is 1. The first-order valence-electron chi connectivity index (χ1n) is 5.74. The minimum absolute atomic E-state index is 0.492. The summed E-state index contributed by atoms with van der Waals surface area (Å²) in [6.07, 6.45) is 1.87. The van der Waals surface area contributed by atoms with Crippen LogP contribution in [0.3, 0.4) is 0 Å². The molecule has 1 fully saturated rings. The van der Waals surface area contributed by atoms with Crippen LogP contribution in [0.4, 0.5) is 0 Å². The van der Waals surface area contributed by atoms with Crippen LogP contribution in [0.25, 0.3) is 0 Å². The van der Waals surface area contributed by atoms with E-state index in [1.54, 1.807) is 0 Å². The van der Waals surface area contributed by atoms with Gasteiger partial charge in [-0.1, -0.05) is 23.7 Å². The third-order valence-corrected chi connectivity index (χ3v) is 3.37. The van der Waals surface area contributed by atoms with E-state index in [0.29, 0.717) is 0 Å². The first-order valence-corrected chi connectivity index (χ1v) is 6.12. The molecule has 88 valence electrons. The molecule has 3 heteroatoms. The quantitative estimate of drug-likeness (QED) is 0.875. The van der Waals surface area contributed by atoms with Gasteiger partial charge in [0, 0.05) is 24.7 Å². The van der Waals surface area contributed by atoms with Crippen LogP contribution in [-0.4, -0.2) is 35.2 Å². The molecule has 1 aromatic carbocycles. The van der Waals surface area contributed by atoms with Crippen molar-refractivity contribution in [3.05, 3.63) is 34.9 Å². The zero-order chi connectivity index (χ0) is 11.6. The number of benzene rings is 1. The molecule has 1 aromatic rings. The fourth-order valence-corrected chi connectivity index (χ4v) is 2.42. The van der Waals surface area contributed by atoms with Gasteiger partial charge in [0.15, 0.2) is 0 Å². The molecule has 2 nitrogen and oxygen atoms in total. The molecule has 1 aliphatic rings. The number of likely N-dealkylation sites (tertiary alicyclic amines) is 1. The summed E-state index contributed by atoms with van der Waals surface area (Å²) in [7, 11) is 0.